The summed E-state index contributed by atoms with van der Waals surface area (Å²) in [6.07, 6.45) is 0. The molecule has 0 fully saturated rings. The average molecular weight is 203 g/mol. The van der Waals surface area contributed by atoms with Crippen LogP contribution < -0.4 is 0 Å². The van der Waals surface area contributed by atoms with Crippen molar-refractivity contribution in [2.45, 2.75) is 19.8 Å². The van der Waals surface area contributed by atoms with Crippen LogP contribution >= 0.6 is 0 Å². The second-order valence-corrected chi connectivity index (χ2v) is 3.19. The molecule has 1 atom stereocenters. The van der Waals surface area contributed by atoms with Crippen LogP contribution in [0.4, 0.5) is 0 Å². The van der Waals surface area contributed by atoms with Gasteiger partial charge in [0.1, 0.15) is 0 Å². The summed E-state index contributed by atoms with van der Waals surface area (Å²) < 4.78 is 4.85. The highest BCUT2D eigenvalue weighted by Gasteiger charge is 2.07. The van der Waals surface area contributed by atoms with Crippen LogP contribution in [0.5, 0.6) is 0 Å². The Labute approximate surface area is 89.3 Å². The highest BCUT2D eigenvalue weighted by Crippen LogP contribution is 2.15. The third-order valence-electron chi connectivity index (χ3n) is 2.12. The topological polar surface area (TPSA) is 50.1 Å². The number of nitriles is 1. The SMILES string of the molecule is CCOC(=O)c1ccc(C(C)C#N)cc1. The van der Waals surface area contributed by atoms with Crippen LogP contribution in [0.1, 0.15) is 35.7 Å². The first-order valence-electron chi connectivity index (χ1n) is 4.85. The molecular weight excluding hydrogens is 190 g/mol. The summed E-state index contributed by atoms with van der Waals surface area (Å²) in [6, 6.07) is 9.06. The highest BCUT2D eigenvalue weighted by atomic mass is 16.5. The van der Waals surface area contributed by atoms with E-state index in [-0.39, 0.29) is 11.9 Å². The van der Waals surface area contributed by atoms with Crippen molar-refractivity contribution in [2.24, 2.45) is 0 Å². The molecule has 0 aliphatic rings. The fraction of sp³-hybridized carbons (Fsp3) is 0.333. The Balaban J connectivity index is 2.81. The number of benzene rings is 1. The van der Waals surface area contributed by atoms with Crippen molar-refractivity contribution >= 4 is 5.97 Å². The molecule has 0 saturated heterocycles. The van der Waals surface area contributed by atoms with Gasteiger partial charge >= 0.3 is 5.97 Å². The molecular formula is C12H13NO2. The van der Waals surface area contributed by atoms with Crippen LogP contribution in [0, 0.1) is 11.3 Å². The molecule has 3 nitrogen and oxygen atoms in total. The van der Waals surface area contributed by atoms with E-state index in [0.717, 1.165) is 5.56 Å². The Bertz CT molecular complexity index is 376. The lowest BCUT2D eigenvalue weighted by atomic mass is 10.0. The van der Waals surface area contributed by atoms with Crippen LogP contribution in [-0.2, 0) is 4.74 Å². The van der Waals surface area contributed by atoms with E-state index < -0.39 is 0 Å². The molecule has 0 N–H and O–H groups in total. The quantitative estimate of drug-likeness (QED) is 0.709. The fourth-order valence-corrected chi connectivity index (χ4v) is 1.20. The Morgan fingerprint density at radius 2 is 2.07 bits per heavy atom. The van der Waals surface area contributed by atoms with Crippen molar-refractivity contribution in [3.05, 3.63) is 35.4 Å². The van der Waals surface area contributed by atoms with E-state index in [1.165, 1.54) is 0 Å². The fourth-order valence-electron chi connectivity index (χ4n) is 1.20. The van der Waals surface area contributed by atoms with Crippen LogP contribution in [0.25, 0.3) is 0 Å². The number of esters is 1. The molecule has 1 rings (SSSR count). The lowest BCUT2D eigenvalue weighted by Gasteiger charge is -2.04. The molecule has 0 saturated carbocycles. The molecule has 78 valence electrons. The number of ether oxygens (including phenoxy) is 1. The van der Waals surface area contributed by atoms with Gasteiger partial charge in [-0.15, -0.1) is 0 Å². The van der Waals surface area contributed by atoms with Gasteiger partial charge in [0.25, 0.3) is 0 Å². The molecule has 0 aliphatic heterocycles. The molecule has 0 amide bonds. The predicted molar refractivity (Wildman–Crippen MR) is 56.4 cm³/mol. The lowest BCUT2D eigenvalue weighted by Crippen LogP contribution is -2.04. The molecule has 0 spiro atoms. The summed E-state index contributed by atoms with van der Waals surface area (Å²) in [6.45, 7) is 3.96. The Kier molecular flexibility index (Phi) is 3.87. The van der Waals surface area contributed by atoms with Crippen molar-refractivity contribution in [2.75, 3.05) is 6.61 Å². The number of carbonyl (C=O) groups excluding carboxylic acids is 1. The van der Waals surface area contributed by atoms with Crippen LogP contribution in [-0.4, -0.2) is 12.6 Å². The van der Waals surface area contributed by atoms with E-state index in [0.29, 0.717) is 12.2 Å². The zero-order valence-corrected chi connectivity index (χ0v) is 8.86. The Morgan fingerprint density at radius 3 is 2.53 bits per heavy atom. The van der Waals surface area contributed by atoms with E-state index >= 15 is 0 Å². The normalized spacial score (nSPS) is 11.5. The summed E-state index contributed by atoms with van der Waals surface area (Å²) in [7, 11) is 0. The second kappa shape index (κ2) is 5.16. The first-order chi connectivity index (χ1) is 7.19. The molecule has 0 bridgehead atoms. The van der Waals surface area contributed by atoms with E-state index in [4.69, 9.17) is 10.00 Å². The molecule has 0 aromatic heterocycles. The molecule has 1 aromatic rings. The first-order valence-corrected chi connectivity index (χ1v) is 4.85. The van der Waals surface area contributed by atoms with Crippen molar-refractivity contribution in [1.82, 2.24) is 0 Å². The van der Waals surface area contributed by atoms with E-state index in [1.54, 1.807) is 31.2 Å². The third-order valence-corrected chi connectivity index (χ3v) is 2.12. The maximum absolute atomic E-state index is 11.3. The van der Waals surface area contributed by atoms with Crippen LogP contribution in [0.2, 0.25) is 0 Å². The van der Waals surface area contributed by atoms with E-state index in [9.17, 15) is 4.79 Å². The van der Waals surface area contributed by atoms with Crippen LogP contribution in [0.3, 0.4) is 0 Å². The Morgan fingerprint density at radius 1 is 1.47 bits per heavy atom. The standard InChI is InChI=1S/C12H13NO2/c1-3-15-12(14)11-6-4-10(5-7-11)9(2)8-13/h4-7,9H,3H2,1-2H3. The van der Waals surface area contributed by atoms with Gasteiger partial charge in [0.2, 0.25) is 0 Å². The van der Waals surface area contributed by atoms with Gasteiger partial charge in [-0.3, -0.25) is 0 Å². The van der Waals surface area contributed by atoms with Gasteiger partial charge in [-0.2, -0.15) is 5.26 Å². The first kappa shape index (κ1) is 11.3. The molecule has 0 heterocycles. The number of hydrogen-bond donors (Lipinski definition) is 0. The monoisotopic (exact) mass is 203 g/mol. The maximum atomic E-state index is 11.3. The van der Waals surface area contributed by atoms with E-state index in [1.807, 2.05) is 6.92 Å². The Hall–Kier alpha value is -1.82. The second-order valence-electron chi connectivity index (χ2n) is 3.19. The number of nitrogens with zero attached hydrogens (tertiary/aromatic N) is 1. The maximum Gasteiger partial charge on any atom is 0.338 e. The summed E-state index contributed by atoms with van der Waals surface area (Å²) in [5.74, 6) is -0.477. The van der Waals surface area contributed by atoms with Gasteiger partial charge < -0.3 is 4.74 Å². The molecule has 0 radical (unpaired) electrons. The molecule has 3 heteroatoms. The third kappa shape index (κ3) is 2.81. The molecule has 15 heavy (non-hydrogen) atoms. The number of hydrogen-bond acceptors (Lipinski definition) is 3. The van der Waals surface area contributed by atoms with Crippen molar-refractivity contribution in [3.63, 3.8) is 0 Å². The number of carbonyl (C=O) groups is 1. The lowest BCUT2D eigenvalue weighted by molar-refractivity contribution is 0.0526. The van der Waals surface area contributed by atoms with Crippen molar-refractivity contribution in [1.29, 1.82) is 5.26 Å². The van der Waals surface area contributed by atoms with Gasteiger partial charge in [0.05, 0.1) is 24.2 Å². The minimum atomic E-state index is -0.325. The zero-order chi connectivity index (χ0) is 11.3. The molecule has 0 aliphatic carbocycles. The average Bonchev–Trinajstić information content (AvgIpc) is 2.28. The van der Waals surface area contributed by atoms with Crippen molar-refractivity contribution in [3.8, 4) is 6.07 Å². The van der Waals surface area contributed by atoms with Gasteiger partial charge in [-0.25, -0.2) is 4.79 Å². The van der Waals surface area contributed by atoms with Gasteiger partial charge in [-0.1, -0.05) is 12.1 Å². The summed E-state index contributed by atoms with van der Waals surface area (Å²) >= 11 is 0. The van der Waals surface area contributed by atoms with Crippen LogP contribution in [0.15, 0.2) is 24.3 Å². The minimum Gasteiger partial charge on any atom is -0.462 e. The predicted octanol–water partition coefficient (Wildman–Crippen LogP) is 2.49. The van der Waals surface area contributed by atoms with E-state index in [2.05, 4.69) is 6.07 Å². The molecule has 1 aromatic carbocycles. The summed E-state index contributed by atoms with van der Waals surface area (Å²) in [5, 5.41) is 8.71. The highest BCUT2D eigenvalue weighted by molar-refractivity contribution is 5.89. The largest absolute Gasteiger partial charge is 0.462 e. The summed E-state index contributed by atoms with van der Waals surface area (Å²) in [4.78, 5) is 11.3. The van der Waals surface area contributed by atoms with Gasteiger partial charge in [0.15, 0.2) is 0 Å². The zero-order valence-electron chi connectivity index (χ0n) is 8.86. The van der Waals surface area contributed by atoms with Gasteiger partial charge in [-0.05, 0) is 31.5 Å². The van der Waals surface area contributed by atoms with Crippen molar-refractivity contribution < 1.29 is 9.53 Å². The number of rotatable bonds is 3. The minimum absolute atomic E-state index is 0.152. The summed E-state index contributed by atoms with van der Waals surface area (Å²) in [5.41, 5.74) is 1.43. The smallest absolute Gasteiger partial charge is 0.338 e. The molecule has 1 unspecified atom stereocenters. The van der Waals surface area contributed by atoms with Gasteiger partial charge in [0, 0.05) is 0 Å².